The van der Waals surface area contributed by atoms with Gasteiger partial charge in [-0.2, -0.15) is 0 Å². The maximum Gasteiger partial charge on any atom is 0.338 e. The van der Waals surface area contributed by atoms with E-state index in [-0.39, 0.29) is 11.0 Å². The number of rotatable bonds is 12. The Morgan fingerprint density at radius 1 is 0.848 bits per heavy atom. The predicted octanol–water partition coefficient (Wildman–Crippen LogP) is 7.39. The number of sulfone groups is 1. The van der Waals surface area contributed by atoms with E-state index in [0.717, 1.165) is 31.9 Å². The van der Waals surface area contributed by atoms with Gasteiger partial charge in [0.1, 0.15) is 6.10 Å². The van der Waals surface area contributed by atoms with Gasteiger partial charge in [-0.05, 0) is 97.6 Å². The number of esters is 1. The Balaban J connectivity index is 2.97. The highest BCUT2D eigenvalue weighted by Crippen LogP contribution is 2.17. The van der Waals surface area contributed by atoms with Crippen molar-refractivity contribution in [3.05, 3.63) is 76.4 Å². The molecule has 0 radical (unpaired) electrons. The molecule has 33 heavy (non-hydrogen) atoms. The maximum atomic E-state index is 12.8. The van der Waals surface area contributed by atoms with Crippen molar-refractivity contribution < 1.29 is 17.9 Å². The zero-order chi connectivity index (χ0) is 25.0. The molecule has 0 aliphatic rings. The molecule has 0 heterocycles. The Morgan fingerprint density at radius 3 is 1.85 bits per heavy atom. The molecule has 0 saturated heterocycles. The van der Waals surface area contributed by atoms with Gasteiger partial charge >= 0.3 is 5.97 Å². The Hall–Kier alpha value is -2.40. The van der Waals surface area contributed by atoms with Gasteiger partial charge in [0.25, 0.3) is 0 Å². The minimum absolute atomic E-state index is 0.181. The van der Waals surface area contributed by atoms with Crippen molar-refractivity contribution in [1.29, 1.82) is 0 Å². The first-order chi connectivity index (χ1) is 15.4. The lowest BCUT2D eigenvalue weighted by molar-refractivity contribution is 0.0398. The molecule has 0 N–H and O–H groups in total. The van der Waals surface area contributed by atoms with Gasteiger partial charge in [-0.15, -0.1) is 0 Å². The summed E-state index contributed by atoms with van der Waals surface area (Å²) in [5.41, 5.74) is 5.38. The van der Waals surface area contributed by atoms with Crippen LogP contribution >= 0.6 is 0 Å². The Bertz CT molecular complexity index is 998. The van der Waals surface area contributed by atoms with Crippen molar-refractivity contribution in [3.63, 3.8) is 0 Å². The SMILES string of the molecule is CC(C)=CCCC(C)=CCC(C=C(C)CCC=C(C)C)OC(=O)c1ccc(S(C)(=O)=O)cc1. The topological polar surface area (TPSA) is 60.4 Å². The van der Waals surface area contributed by atoms with Crippen LogP contribution in [0.2, 0.25) is 0 Å². The summed E-state index contributed by atoms with van der Waals surface area (Å²) < 4.78 is 29.1. The van der Waals surface area contributed by atoms with Gasteiger partial charge in [0.2, 0.25) is 0 Å². The second kappa shape index (κ2) is 14.0. The molecular formula is C28H40O4S. The first-order valence-corrected chi connectivity index (χ1v) is 13.4. The van der Waals surface area contributed by atoms with Crippen LogP contribution in [0.25, 0.3) is 0 Å². The predicted molar refractivity (Wildman–Crippen MR) is 138 cm³/mol. The van der Waals surface area contributed by atoms with Crippen molar-refractivity contribution in [3.8, 4) is 0 Å². The van der Waals surface area contributed by atoms with E-state index in [1.165, 1.54) is 46.6 Å². The van der Waals surface area contributed by atoms with E-state index < -0.39 is 15.8 Å². The van der Waals surface area contributed by atoms with Crippen LogP contribution < -0.4 is 0 Å². The number of carbonyl (C=O) groups excluding carboxylic acids is 1. The third kappa shape index (κ3) is 12.4. The molecule has 182 valence electrons. The molecule has 1 aromatic rings. The minimum atomic E-state index is -3.31. The fourth-order valence-electron chi connectivity index (χ4n) is 3.19. The van der Waals surface area contributed by atoms with Gasteiger partial charge in [-0.3, -0.25) is 0 Å². The van der Waals surface area contributed by atoms with Gasteiger partial charge < -0.3 is 4.74 Å². The van der Waals surface area contributed by atoms with Crippen LogP contribution in [0.1, 0.15) is 84.0 Å². The first kappa shape index (κ1) is 28.6. The lowest BCUT2D eigenvalue weighted by Gasteiger charge is -2.15. The summed E-state index contributed by atoms with van der Waals surface area (Å²) >= 11 is 0. The summed E-state index contributed by atoms with van der Waals surface area (Å²) in [5, 5.41) is 0. The fourth-order valence-corrected chi connectivity index (χ4v) is 3.82. The molecule has 0 aromatic heterocycles. The van der Waals surface area contributed by atoms with Crippen LogP contribution in [0.15, 0.2) is 75.8 Å². The average Bonchev–Trinajstić information content (AvgIpc) is 2.70. The van der Waals surface area contributed by atoms with Crippen LogP contribution in [0.4, 0.5) is 0 Å². The normalized spacial score (nSPS) is 13.3. The molecule has 1 rings (SSSR count). The van der Waals surface area contributed by atoms with Gasteiger partial charge in [0.05, 0.1) is 10.5 Å². The monoisotopic (exact) mass is 472 g/mol. The highest BCUT2D eigenvalue weighted by molar-refractivity contribution is 7.90. The summed E-state index contributed by atoms with van der Waals surface area (Å²) in [5.74, 6) is -0.455. The van der Waals surface area contributed by atoms with Crippen molar-refractivity contribution in [2.45, 2.75) is 84.6 Å². The number of allylic oxidation sites excluding steroid dienone is 6. The maximum absolute atomic E-state index is 12.8. The summed E-state index contributed by atoms with van der Waals surface area (Å²) in [6, 6.07) is 5.88. The third-order valence-electron chi connectivity index (χ3n) is 5.13. The van der Waals surface area contributed by atoms with E-state index in [0.29, 0.717) is 12.0 Å². The number of benzene rings is 1. The summed E-state index contributed by atoms with van der Waals surface area (Å²) in [6.45, 7) is 12.5. The first-order valence-electron chi connectivity index (χ1n) is 11.5. The molecule has 0 saturated carbocycles. The number of ether oxygens (including phenoxy) is 1. The van der Waals surface area contributed by atoms with Crippen molar-refractivity contribution in [2.75, 3.05) is 6.26 Å². The molecule has 0 amide bonds. The van der Waals surface area contributed by atoms with E-state index in [2.05, 4.69) is 59.8 Å². The molecule has 0 bridgehead atoms. The fraction of sp³-hybridized carbons (Fsp3) is 0.464. The largest absolute Gasteiger partial charge is 0.454 e. The zero-order valence-corrected chi connectivity index (χ0v) is 22.1. The molecule has 4 nitrogen and oxygen atoms in total. The highest BCUT2D eigenvalue weighted by atomic mass is 32.2. The van der Waals surface area contributed by atoms with Gasteiger partial charge in [-0.1, -0.05) is 40.5 Å². The van der Waals surface area contributed by atoms with E-state index in [4.69, 9.17) is 4.74 Å². The minimum Gasteiger partial charge on any atom is -0.454 e. The summed E-state index contributed by atoms with van der Waals surface area (Å²) in [7, 11) is -3.31. The van der Waals surface area contributed by atoms with E-state index in [1.807, 2.05) is 6.08 Å². The lowest BCUT2D eigenvalue weighted by Crippen LogP contribution is -2.16. The van der Waals surface area contributed by atoms with Crippen LogP contribution in [0.5, 0.6) is 0 Å². The lowest BCUT2D eigenvalue weighted by atomic mass is 10.0. The molecule has 0 aliphatic heterocycles. The summed E-state index contributed by atoms with van der Waals surface area (Å²) in [6.07, 6.45) is 13.8. The molecule has 0 spiro atoms. The van der Waals surface area contributed by atoms with Crippen molar-refractivity contribution >= 4 is 15.8 Å². The second-order valence-electron chi connectivity index (χ2n) is 9.18. The number of hydrogen-bond acceptors (Lipinski definition) is 4. The average molecular weight is 473 g/mol. The Morgan fingerprint density at radius 2 is 1.36 bits per heavy atom. The van der Waals surface area contributed by atoms with E-state index >= 15 is 0 Å². The quantitative estimate of drug-likeness (QED) is 0.235. The smallest absolute Gasteiger partial charge is 0.338 e. The van der Waals surface area contributed by atoms with E-state index in [1.54, 1.807) is 0 Å². The standard InChI is InChI=1S/C28H40O4S/c1-21(2)10-8-12-23(5)14-17-26(20-24(6)13-9-11-22(3)4)32-28(29)25-15-18-27(19-16-25)33(7,30)31/h10-11,14-16,18-20,26H,8-9,12-13,17H2,1-7H3. The van der Waals surface area contributed by atoms with Crippen molar-refractivity contribution in [2.24, 2.45) is 0 Å². The molecule has 5 heteroatoms. The van der Waals surface area contributed by atoms with E-state index in [9.17, 15) is 13.2 Å². The van der Waals surface area contributed by atoms with Crippen LogP contribution in [0, 0.1) is 0 Å². The molecular weight excluding hydrogens is 432 g/mol. The number of carbonyl (C=O) groups is 1. The van der Waals surface area contributed by atoms with Gasteiger partial charge in [0, 0.05) is 12.7 Å². The second-order valence-corrected chi connectivity index (χ2v) is 11.2. The van der Waals surface area contributed by atoms with Crippen LogP contribution in [0.3, 0.4) is 0 Å². The zero-order valence-electron chi connectivity index (χ0n) is 21.3. The summed E-state index contributed by atoms with van der Waals surface area (Å²) in [4.78, 5) is 12.9. The number of hydrogen-bond donors (Lipinski definition) is 0. The van der Waals surface area contributed by atoms with Crippen molar-refractivity contribution in [1.82, 2.24) is 0 Å². The Kier molecular flexibility index (Phi) is 12.1. The van der Waals surface area contributed by atoms with Crippen LogP contribution in [-0.4, -0.2) is 26.7 Å². The Labute approximate surface area is 201 Å². The molecule has 1 aromatic carbocycles. The van der Waals surface area contributed by atoms with Gasteiger partial charge in [0.15, 0.2) is 9.84 Å². The molecule has 0 fully saturated rings. The van der Waals surface area contributed by atoms with Crippen LogP contribution in [-0.2, 0) is 14.6 Å². The molecule has 1 atom stereocenters. The molecule has 1 unspecified atom stereocenters. The molecule has 0 aliphatic carbocycles. The highest BCUT2D eigenvalue weighted by Gasteiger charge is 2.15. The third-order valence-corrected chi connectivity index (χ3v) is 6.26. The van der Waals surface area contributed by atoms with Gasteiger partial charge in [-0.25, -0.2) is 13.2 Å².